The molecule has 0 atom stereocenters. The fraction of sp³-hybridized carbons (Fsp3) is 0.182. The number of para-hydroxylation sites is 1. The van der Waals surface area contributed by atoms with Crippen LogP contribution in [0.15, 0.2) is 54.3 Å². The normalized spacial score (nSPS) is 14.3. The highest BCUT2D eigenvalue weighted by molar-refractivity contribution is 7.13. The molecule has 4 rings (SSSR count). The van der Waals surface area contributed by atoms with Crippen LogP contribution in [0.2, 0.25) is 0 Å². The molecular formula is C22H21N3OS. The van der Waals surface area contributed by atoms with E-state index < -0.39 is 0 Å². The van der Waals surface area contributed by atoms with Crippen LogP contribution in [-0.4, -0.2) is 22.5 Å². The number of aromatic nitrogens is 1. The van der Waals surface area contributed by atoms with Gasteiger partial charge in [-0.05, 0) is 32.4 Å². The van der Waals surface area contributed by atoms with Crippen molar-refractivity contribution >= 4 is 28.4 Å². The monoisotopic (exact) mass is 375 g/mol. The highest BCUT2D eigenvalue weighted by atomic mass is 32.1. The second-order valence-electron chi connectivity index (χ2n) is 6.83. The van der Waals surface area contributed by atoms with Gasteiger partial charge in [-0.25, -0.2) is 4.98 Å². The van der Waals surface area contributed by atoms with E-state index in [-0.39, 0.29) is 5.76 Å². The van der Waals surface area contributed by atoms with Gasteiger partial charge in [-0.3, -0.25) is 5.41 Å². The first-order valence-electron chi connectivity index (χ1n) is 8.84. The number of amidine groups is 1. The molecule has 27 heavy (non-hydrogen) atoms. The molecule has 0 radical (unpaired) electrons. The van der Waals surface area contributed by atoms with Crippen molar-refractivity contribution in [1.82, 2.24) is 4.98 Å². The first-order valence-corrected chi connectivity index (χ1v) is 9.66. The second-order valence-corrected chi connectivity index (χ2v) is 8.04. The zero-order valence-electron chi connectivity index (χ0n) is 15.6. The second kappa shape index (κ2) is 6.67. The van der Waals surface area contributed by atoms with Crippen LogP contribution in [0.3, 0.4) is 0 Å². The first-order chi connectivity index (χ1) is 13.0. The highest BCUT2D eigenvalue weighted by Gasteiger charge is 2.32. The Bertz CT molecular complexity index is 1060. The summed E-state index contributed by atoms with van der Waals surface area (Å²) in [7, 11) is 0. The fourth-order valence-electron chi connectivity index (χ4n) is 3.36. The van der Waals surface area contributed by atoms with Crippen LogP contribution in [-0.2, 0) is 0 Å². The van der Waals surface area contributed by atoms with Crippen molar-refractivity contribution in [2.24, 2.45) is 0 Å². The molecule has 136 valence electrons. The van der Waals surface area contributed by atoms with E-state index in [1.54, 1.807) is 0 Å². The lowest BCUT2D eigenvalue weighted by Crippen LogP contribution is -2.26. The number of nitrogens with zero attached hydrogens (tertiary/aromatic N) is 2. The maximum absolute atomic E-state index is 10.6. The molecule has 0 amide bonds. The number of benzene rings is 2. The molecular weight excluding hydrogens is 354 g/mol. The summed E-state index contributed by atoms with van der Waals surface area (Å²) in [6, 6.07) is 16.2. The molecule has 0 bridgehead atoms. The Labute approximate surface area is 163 Å². The van der Waals surface area contributed by atoms with Gasteiger partial charge >= 0.3 is 0 Å². The molecule has 3 aromatic rings. The third-order valence-electron chi connectivity index (χ3n) is 4.84. The standard InChI is InChI=1S/C22H21N3OS/c1-13-8-10-16(11-9-13)20-15(3)27-22(24-20)19-18(26)12-25(21(19)23)17-7-5-4-6-14(17)2/h4-11,23,26H,12H2,1-3H3. The summed E-state index contributed by atoms with van der Waals surface area (Å²) in [5, 5.41) is 20.0. The third-order valence-corrected chi connectivity index (χ3v) is 5.83. The predicted molar refractivity (Wildman–Crippen MR) is 113 cm³/mol. The Balaban J connectivity index is 1.71. The molecule has 1 aliphatic rings. The van der Waals surface area contributed by atoms with Gasteiger partial charge in [0.1, 0.15) is 16.6 Å². The Morgan fingerprint density at radius 3 is 2.44 bits per heavy atom. The average Bonchev–Trinajstić information content (AvgIpc) is 3.15. The molecule has 2 aromatic carbocycles. The van der Waals surface area contributed by atoms with Crippen molar-refractivity contribution in [1.29, 1.82) is 5.41 Å². The molecule has 1 aromatic heterocycles. The molecule has 5 heteroatoms. The van der Waals surface area contributed by atoms with Crippen LogP contribution in [0.1, 0.15) is 21.0 Å². The average molecular weight is 375 g/mol. The molecule has 0 spiro atoms. The summed E-state index contributed by atoms with van der Waals surface area (Å²) < 4.78 is 0. The Hall–Kier alpha value is -2.92. The minimum absolute atomic E-state index is 0.201. The summed E-state index contributed by atoms with van der Waals surface area (Å²) in [6.07, 6.45) is 0. The molecule has 2 heterocycles. The lowest BCUT2D eigenvalue weighted by Gasteiger charge is -2.20. The van der Waals surface area contributed by atoms with E-state index in [0.717, 1.165) is 27.4 Å². The van der Waals surface area contributed by atoms with Gasteiger partial charge in [0.2, 0.25) is 0 Å². The van der Waals surface area contributed by atoms with Crippen molar-refractivity contribution in [3.63, 3.8) is 0 Å². The van der Waals surface area contributed by atoms with Crippen molar-refractivity contribution in [2.75, 3.05) is 11.4 Å². The number of nitrogens with one attached hydrogen (secondary N) is 1. The molecule has 0 unspecified atom stereocenters. The molecule has 0 aliphatic carbocycles. The van der Waals surface area contributed by atoms with E-state index in [2.05, 4.69) is 31.2 Å². The number of rotatable bonds is 3. The van der Waals surface area contributed by atoms with Crippen LogP contribution in [0, 0.1) is 26.2 Å². The SMILES string of the molecule is Cc1ccc(-c2nc(C3=C(O)CN(c4ccccc4C)C3=N)sc2C)cc1. The largest absolute Gasteiger partial charge is 0.510 e. The number of aliphatic hydroxyl groups is 1. The van der Waals surface area contributed by atoms with Crippen molar-refractivity contribution in [3.05, 3.63) is 75.3 Å². The number of thiazole rings is 1. The molecule has 1 aliphatic heterocycles. The number of aliphatic hydroxyl groups excluding tert-OH is 1. The van der Waals surface area contributed by atoms with E-state index >= 15 is 0 Å². The number of hydrogen-bond acceptors (Lipinski definition) is 4. The van der Waals surface area contributed by atoms with E-state index in [0.29, 0.717) is 23.0 Å². The lowest BCUT2D eigenvalue weighted by molar-refractivity contribution is 0.411. The number of hydrogen-bond donors (Lipinski definition) is 2. The molecule has 0 saturated carbocycles. The van der Waals surface area contributed by atoms with Gasteiger partial charge in [0.25, 0.3) is 0 Å². The summed E-state index contributed by atoms with van der Waals surface area (Å²) >= 11 is 1.52. The van der Waals surface area contributed by atoms with Crippen molar-refractivity contribution < 1.29 is 5.11 Å². The van der Waals surface area contributed by atoms with Gasteiger partial charge in [0.15, 0.2) is 0 Å². The summed E-state index contributed by atoms with van der Waals surface area (Å²) in [4.78, 5) is 7.69. The van der Waals surface area contributed by atoms with Crippen molar-refractivity contribution in [3.8, 4) is 11.3 Å². The number of aryl methyl sites for hydroxylation is 3. The fourth-order valence-corrected chi connectivity index (χ4v) is 4.36. The Kier molecular flexibility index (Phi) is 4.32. The quantitative estimate of drug-likeness (QED) is 0.635. The van der Waals surface area contributed by atoms with E-state index in [9.17, 15) is 5.11 Å². The Morgan fingerprint density at radius 1 is 1.04 bits per heavy atom. The summed E-state index contributed by atoms with van der Waals surface area (Å²) in [5.41, 5.74) is 5.73. The third kappa shape index (κ3) is 3.04. The molecule has 4 nitrogen and oxygen atoms in total. The highest BCUT2D eigenvalue weighted by Crippen LogP contribution is 2.37. The van der Waals surface area contributed by atoms with Crippen LogP contribution in [0.5, 0.6) is 0 Å². The van der Waals surface area contributed by atoms with Gasteiger partial charge in [-0.2, -0.15) is 0 Å². The van der Waals surface area contributed by atoms with Gasteiger partial charge < -0.3 is 10.0 Å². The van der Waals surface area contributed by atoms with Gasteiger partial charge in [-0.15, -0.1) is 11.3 Å². The maximum atomic E-state index is 10.6. The van der Waals surface area contributed by atoms with Crippen LogP contribution in [0.4, 0.5) is 5.69 Å². The van der Waals surface area contributed by atoms with Crippen LogP contribution >= 0.6 is 11.3 Å². The number of anilines is 1. The van der Waals surface area contributed by atoms with E-state index in [1.807, 2.05) is 43.0 Å². The van der Waals surface area contributed by atoms with E-state index in [4.69, 9.17) is 10.4 Å². The van der Waals surface area contributed by atoms with Gasteiger partial charge in [0.05, 0.1) is 17.8 Å². The molecule has 2 N–H and O–H groups in total. The zero-order valence-corrected chi connectivity index (χ0v) is 16.4. The summed E-state index contributed by atoms with van der Waals surface area (Å²) in [6.45, 7) is 6.41. The summed E-state index contributed by atoms with van der Waals surface area (Å²) in [5.74, 6) is 0.499. The van der Waals surface area contributed by atoms with E-state index in [1.165, 1.54) is 16.9 Å². The molecule has 0 fully saturated rings. The predicted octanol–water partition coefficient (Wildman–Crippen LogP) is 5.50. The van der Waals surface area contributed by atoms with Crippen LogP contribution < -0.4 is 4.90 Å². The van der Waals surface area contributed by atoms with Gasteiger partial charge in [-0.1, -0.05) is 48.0 Å². The minimum Gasteiger partial charge on any atom is -0.510 e. The lowest BCUT2D eigenvalue weighted by atomic mass is 10.1. The minimum atomic E-state index is 0.201. The molecule has 0 saturated heterocycles. The van der Waals surface area contributed by atoms with Gasteiger partial charge in [0, 0.05) is 16.1 Å². The van der Waals surface area contributed by atoms with Crippen molar-refractivity contribution in [2.45, 2.75) is 20.8 Å². The topological polar surface area (TPSA) is 60.2 Å². The maximum Gasteiger partial charge on any atom is 0.139 e. The Morgan fingerprint density at radius 2 is 1.74 bits per heavy atom. The smallest absolute Gasteiger partial charge is 0.139 e. The van der Waals surface area contributed by atoms with Crippen LogP contribution in [0.25, 0.3) is 16.8 Å². The zero-order chi connectivity index (χ0) is 19.1. The first kappa shape index (κ1) is 17.5.